The van der Waals surface area contributed by atoms with Crippen LogP contribution < -0.4 is 0 Å². The second-order valence-corrected chi connectivity index (χ2v) is 7.62. The molecule has 0 N–H and O–H groups in total. The van der Waals surface area contributed by atoms with Crippen LogP contribution >= 0.6 is 22.9 Å². The minimum absolute atomic E-state index is 0.0518. The third-order valence-corrected chi connectivity index (χ3v) is 5.62. The zero-order valence-electron chi connectivity index (χ0n) is 14.8. The smallest absolute Gasteiger partial charge is 0.348 e. The number of nitrogens with zero attached hydrogens (tertiary/aromatic N) is 3. The Labute approximate surface area is 170 Å². The first-order chi connectivity index (χ1) is 13.6. The quantitative estimate of drug-likeness (QED) is 0.432. The molecule has 0 saturated carbocycles. The monoisotopic (exact) mass is 407 g/mol. The Hall–Kier alpha value is -3.14. The lowest BCUT2D eigenvalue weighted by Gasteiger charge is -2.05. The number of benzene rings is 2. The third-order valence-electron chi connectivity index (χ3n) is 4.30. The minimum atomic E-state index is -0.425. The lowest BCUT2D eigenvalue weighted by atomic mass is 10.1. The normalized spacial score (nSPS) is 10.8. The van der Waals surface area contributed by atoms with Crippen LogP contribution in [-0.2, 0) is 11.3 Å². The molecule has 0 saturated heterocycles. The van der Waals surface area contributed by atoms with Crippen LogP contribution in [0.15, 0.2) is 54.6 Å². The maximum absolute atomic E-state index is 12.6. The molecule has 0 fully saturated rings. The maximum Gasteiger partial charge on any atom is 0.348 e. The van der Waals surface area contributed by atoms with Crippen molar-refractivity contribution in [1.29, 1.82) is 5.26 Å². The summed E-state index contributed by atoms with van der Waals surface area (Å²) in [5.41, 5.74) is 2.83. The molecule has 28 heavy (non-hydrogen) atoms. The molecule has 0 aliphatic heterocycles. The van der Waals surface area contributed by atoms with E-state index in [1.807, 2.05) is 31.2 Å². The van der Waals surface area contributed by atoms with Crippen molar-refractivity contribution in [2.45, 2.75) is 13.5 Å². The topological polar surface area (TPSA) is 67.9 Å². The summed E-state index contributed by atoms with van der Waals surface area (Å²) >= 11 is 7.41. The zero-order chi connectivity index (χ0) is 19.7. The number of esters is 1. The van der Waals surface area contributed by atoms with Crippen LogP contribution in [0.1, 0.15) is 26.5 Å². The number of hydrogen-bond acceptors (Lipinski definition) is 5. The average Bonchev–Trinajstić information content (AvgIpc) is 3.27. The molecule has 0 bridgehead atoms. The predicted octanol–water partition coefficient (Wildman–Crippen LogP) is 5.28. The van der Waals surface area contributed by atoms with E-state index in [4.69, 9.17) is 21.6 Å². The van der Waals surface area contributed by atoms with Gasteiger partial charge >= 0.3 is 5.97 Å². The molecule has 0 amide bonds. The number of fused-ring (bicyclic) bond motifs is 1. The van der Waals surface area contributed by atoms with E-state index in [0.717, 1.165) is 21.6 Å². The van der Waals surface area contributed by atoms with Gasteiger partial charge in [-0.2, -0.15) is 10.4 Å². The van der Waals surface area contributed by atoms with Crippen LogP contribution in [-0.4, -0.2) is 15.7 Å². The first-order valence-electron chi connectivity index (χ1n) is 8.47. The summed E-state index contributed by atoms with van der Waals surface area (Å²) in [6, 6.07) is 18.4. The van der Waals surface area contributed by atoms with E-state index in [9.17, 15) is 4.79 Å². The van der Waals surface area contributed by atoms with E-state index in [2.05, 4.69) is 11.2 Å². The number of ether oxygens (including phenoxy) is 1. The van der Waals surface area contributed by atoms with Gasteiger partial charge in [0.05, 0.1) is 23.0 Å². The Morgan fingerprint density at radius 2 is 2.07 bits per heavy atom. The number of thiophene rings is 1. The predicted molar refractivity (Wildman–Crippen MR) is 109 cm³/mol. The van der Waals surface area contributed by atoms with E-state index in [1.54, 1.807) is 35.0 Å². The maximum atomic E-state index is 12.6. The van der Waals surface area contributed by atoms with Gasteiger partial charge in [0.2, 0.25) is 0 Å². The highest BCUT2D eigenvalue weighted by molar-refractivity contribution is 7.20. The number of carbonyl (C=O) groups is 1. The summed E-state index contributed by atoms with van der Waals surface area (Å²) in [5.74, 6) is -0.425. The van der Waals surface area contributed by atoms with Crippen LogP contribution in [0, 0.1) is 18.3 Å². The molecule has 0 unspecified atom stereocenters. The van der Waals surface area contributed by atoms with E-state index in [1.165, 1.54) is 11.3 Å². The van der Waals surface area contributed by atoms with Gasteiger partial charge in [0.15, 0.2) is 0 Å². The molecule has 0 aliphatic rings. The largest absolute Gasteiger partial charge is 0.457 e. The van der Waals surface area contributed by atoms with Gasteiger partial charge in [-0.3, -0.25) is 0 Å². The van der Waals surface area contributed by atoms with Crippen LogP contribution in [0.25, 0.3) is 15.9 Å². The average molecular weight is 408 g/mol. The van der Waals surface area contributed by atoms with Crippen molar-refractivity contribution >= 4 is 39.1 Å². The van der Waals surface area contributed by atoms with Gasteiger partial charge in [-0.1, -0.05) is 35.9 Å². The molecule has 2 aromatic heterocycles. The molecule has 4 rings (SSSR count). The third kappa shape index (κ3) is 3.38. The molecule has 7 heteroatoms. The molecule has 138 valence electrons. The second-order valence-electron chi connectivity index (χ2n) is 6.15. The van der Waals surface area contributed by atoms with E-state index < -0.39 is 5.97 Å². The highest BCUT2D eigenvalue weighted by atomic mass is 35.5. The summed E-state index contributed by atoms with van der Waals surface area (Å²) in [7, 11) is 0. The van der Waals surface area contributed by atoms with Crippen molar-refractivity contribution in [3.63, 3.8) is 0 Å². The van der Waals surface area contributed by atoms with Crippen molar-refractivity contribution in [2.24, 2.45) is 0 Å². The molecule has 2 heterocycles. The molecule has 0 radical (unpaired) electrons. The van der Waals surface area contributed by atoms with Gasteiger partial charge in [0.1, 0.15) is 16.3 Å². The fraction of sp³-hybridized carbons (Fsp3) is 0.0952. The van der Waals surface area contributed by atoms with Crippen LogP contribution in [0.5, 0.6) is 0 Å². The molecule has 2 aromatic carbocycles. The molecular formula is C21H14ClN3O2S. The summed E-state index contributed by atoms with van der Waals surface area (Å²) in [5, 5.41) is 15.2. The summed E-state index contributed by atoms with van der Waals surface area (Å²) in [6.45, 7) is 1.95. The zero-order valence-corrected chi connectivity index (χ0v) is 16.4. The molecule has 0 spiro atoms. The first-order valence-corrected chi connectivity index (χ1v) is 9.66. The first kappa shape index (κ1) is 18.2. The van der Waals surface area contributed by atoms with E-state index in [0.29, 0.717) is 21.0 Å². The van der Waals surface area contributed by atoms with Crippen LogP contribution in [0.4, 0.5) is 0 Å². The SMILES string of the molecule is Cc1nn(-c2cccc(Cl)c2)c2sc(C(=O)OCc3ccccc3C#N)cc12. The number of rotatable bonds is 4. The summed E-state index contributed by atoms with van der Waals surface area (Å²) < 4.78 is 7.21. The van der Waals surface area contributed by atoms with Gasteiger partial charge in [-0.25, -0.2) is 9.48 Å². The van der Waals surface area contributed by atoms with E-state index >= 15 is 0 Å². The summed E-state index contributed by atoms with van der Waals surface area (Å²) in [4.78, 5) is 13.9. The summed E-state index contributed by atoms with van der Waals surface area (Å²) in [6.07, 6.45) is 0. The Balaban J connectivity index is 1.62. The fourth-order valence-electron chi connectivity index (χ4n) is 2.90. The minimum Gasteiger partial charge on any atom is -0.457 e. The van der Waals surface area contributed by atoms with Gasteiger partial charge in [0.25, 0.3) is 0 Å². The van der Waals surface area contributed by atoms with Crippen molar-refractivity contribution in [3.8, 4) is 11.8 Å². The molecule has 0 aliphatic carbocycles. The number of halogens is 1. The second kappa shape index (κ2) is 7.47. The van der Waals surface area contributed by atoms with Crippen molar-refractivity contribution < 1.29 is 9.53 Å². The molecule has 0 atom stereocenters. The Bertz CT molecular complexity index is 1240. The van der Waals surface area contributed by atoms with Crippen molar-refractivity contribution in [1.82, 2.24) is 9.78 Å². The number of hydrogen-bond donors (Lipinski definition) is 0. The lowest BCUT2D eigenvalue weighted by molar-refractivity contribution is 0.0478. The highest BCUT2D eigenvalue weighted by Gasteiger charge is 2.18. The van der Waals surface area contributed by atoms with Crippen LogP contribution in [0.2, 0.25) is 5.02 Å². The van der Waals surface area contributed by atoms with Gasteiger partial charge in [-0.05, 0) is 37.3 Å². The van der Waals surface area contributed by atoms with Gasteiger partial charge in [0, 0.05) is 16.0 Å². The Morgan fingerprint density at radius 1 is 1.25 bits per heavy atom. The number of nitriles is 1. The number of aromatic nitrogens is 2. The molecule has 4 aromatic rings. The number of carbonyl (C=O) groups excluding carboxylic acids is 1. The van der Waals surface area contributed by atoms with Crippen LogP contribution in [0.3, 0.4) is 0 Å². The molecular weight excluding hydrogens is 394 g/mol. The lowest BCUT2D eigenvalue weighted by Crippen LogP contribution is -2.04. The fourth-order valence-corrected chi connectivity index (χ4v) is 4.16. The molecule has 5 nitrogen and oxygen atoms in total. The van der Waals surface area contributed by atoms with Gasteiger partial charge in [-0.15, -0.1) is 11.3 Å². The van der Waals surface area contributed by atoms with Crippen molar-refractivity contribution in [3.05, 3.63) is 81.3 Å². The van der Waals surface area contributed by atoms with Crippen molar-refractivity contribution in [2.75, 3.05) is 0 Å². The van der Waals surface area contributed by atoms with E-state index in [-0.39, 0.29) is 6.61 Å². The number of aryl methyl sites for hydroxylation is 1. The Kier molecular flexibility index (Phi) is 4.86. The highest BCUT2D eigenvalue weighted by Crippen LogP contribution is 2.31. The van der Waals surface area contributed by atoms with Gasteiger partial charge < -0.3 is 4.74 Å². The Morgan fingerprint density at radius 3 is 2.86 bits per heavy atom. The standard InChI is InChI=1S/C21H14ClN3O2S/c1-13-18-10-19(21(26)27-12-15-6-3-2-5-14(15)11-23)28-20(18)25(24-13)17-8-4-7-16(22)9-17/h2-10H,12H2,1H3.